The molecule has 7 heteroatoms. The fourth-order valence-corrected chi connectivity index (χ4v) is 4.21. The number of benzene rings is 4. The summed E-state index contributed by atoms with van der Waals surface area (Å²) in [6.07, 6.45) is 4.65. The first-order valence-electron chi connectivity index (χ1n) is 13.5. The van der Waals surface area contributed by atoms with E-state index in [1.54, 1.807) is 0 Å². The highest BCUT2D eigenvalue weighted by molar-refractivity contribution is 5.90. The van der Waals surface area contributed by atoms with Crippen molar-refractivity contribution in [3.05, 3.63) is 135 Å². The molecule has 7 nitrogen and oxygen atoms in total. The monoisotopic (exact) mass is 539 g/mol. The number of hydrogen-bond donors (Lipinski definition) is 0. The molecule has 0 amide bonds. The molecule has 4 aromatic rings. The first-order chi connectivity index (χ1) is 19.6. The molecule has 0 saturated heterocycles. The number of hydrogen-bond acceptors (Lipinski definition) is 6. The van der Waals surface area contributed by atoms with Crippen LogP contribution < -0.4 is 9.47 Å². The van der Waals surface area contributed by atoms with Crippen LogP contribution in [0.3, 0.4) is 0 Å². The quantitative estimate of drug-likeness (QED) is 0.0665. The molecule has 0 unspecified atom stereocenters. The summed E-state index contributed by atoms with van der Waals surface area (Å²) < 4.78 is 17.0. The number of carbonyl (C=O) groups is 1. The first kappa shape index (κ1) is 28.4. The van der Waals surface area contributed by atoms with Crippen molar-refractivity contribution in [3.8, 4) is 11.5 Å². The summed E-state index contributed by atoms with van der Waals surface area (Å²) in [4.78, 5) is 23.4. The minimum absolute atomic E-state index is 0.0754. The van der Waals surface area contributed by atoms with E-state index >= 15 is 0 Å². The molecule has 0 aliphatic carbocycles. The summed E-state index contributed by atoms with van der Waals surface area (Å²) in [7, 11) is 0. The SMILES string of the molecule is O=C(OCc1ccccc1)c1ccc([N+](=O)[O-])c(OCCCCCCc2cccc(OCc3ccccc3)c2)c1. The van der Waals surface area contributed by atoms with Crippen LogP contribution >= 0.6 is 0 Å². The molecule has 0 aliphatic rings. The lowest BCUT2D eigenvalue weighted by molar-refractivity contribution is -0.385. The van der Waals surface area contributed by atoms with Crippen molar-refractivity contribution < 1.29 is 23.9 Å². The van der Waals surface area contributed by atoms with E-state index in [-0.39, 0.29) is 23.6 Å². The van der Waals surface area contributed by atoms with Crippen molar-refractivity contribution in [3.63, 3.8) is 0 Å². The summed E-state index contributed by atoms with van der Waals surface area (Å²) in [6.45, 7) is 0.990. The molecule has 0 spiro atoms. The van der Waals surface area contributed by atoms with Crippen molar-refractivity contribution in [1.82, 2.24) is 0 Å². The van der Waals surface area contributed by atoms with E-state index in [0.29, 0.717) is 13.2 Å². The van der Waals surface area contributed by atoms with Gasteiger partial charge in [-0.2, -0.15) is 0 Å². The highest BCUT2D eigenvalue weighted by atomic mass is 16.6. The van der Waals surface area contributed by atoms with E-state index in [4.69, 9.17) is 14.2 Å². The number of unbranched alkanes of at least 4 members (excludes halogenated alkanes) is 3. The predicted octanol–water partition coefficient (Wildman–Crippen LogP) is 7.71. The molecular weight excluding hydrogens is 506 g/mol. The summed E-state index contributed by atoms with van der Waals surface area (Å²) in [6, 6.07) is 31.7. The average Bonchev–Trinajstić information content (AvgIpc) is 2.99. The minimum Gasteiger partial charge on any atom is -0.489 e. The van der Waals surface area contributed by atoms with Gasteiger partial charge in [-0.25, -0.2) is 4.79 Å². The number of ether oxygens (including phenoxy) is 3. The molecule has 0 N–H and O–H groups in total. The molecule has 40 heavy (non-hydrogen) atoms. The lowest BCUT2D eigenvalue weighted by atomic mass is 10.1. The second kappa shape index (κ2) is 15.1. The molecule has 0 bridgehead atoms. The Balaban J connectivity index is 1.18. The molecule has 206 valence electrons. The van der Waals surface area contributed by atoms with Gasteiger partial charge in [-0.05, 0) is 54.2 Å². The molecule has 0 aliphatic heterocycles. The Kier molecular flexibility index (Phi) is 10.7. The van der Waals surface area contributed by atoms with Gasteiger partial charge >= 0.3 is 11.7 Å². The predicted molar refractivity (Wildman–Crippen MR) is 154 cm³/mol. The number of aryl methyl sites for hydroxylation is 1. The topological polar surface area (TPSA) is 87.9 Å². The van der Waals surface area contributed by atoms with Crippen LogP contribution in [0.15, 0.2) is 103 Å². The number of esters is 1. The van der Waals surface area contributed by atoms with Gasteiger partial charge in [-0.1, -0.05) is 85.6 Å². The Morgan fingerprint density at radius 2 is 1.35 bits per heavy atom. The number of nitro groups is 1. The number of nitrogens with zero attached hydrogens (tertiary/aromatic N) is 1. The van der Waals surface area contributed by atoms with Crippen molar-refractivity contribution >= 4 is 11.7 Å². The lowest BCUT2D eigenvalue weighted by Crippen LogP contribution is -2.07. The molecule has 0 atom stereocenters. The van der Waals surface area contributed by atoms with Crippen LogP contribution in [-0.2, 0) is 24.4 Å². The van der Waals surface area contributed by atoms with Crippen LogP contribution in [0.5, 0.6) is 11.5 Å². The highest BCUT2D eigenvalue weighted by Crippen LogP contribution is 2.29. The Bertz CT molecular complexity index is 1370. The largest absolute Gasteiger partial charge is 0.489 e. The maximum absolute atomic E-state index is 12.5. The van der Waals surface area contributed by atoms with Crippen LogP contribution in [0.2, 0.25) is 0 Å². The Morgan fingerprint density at radius 1 is 0.675 bits per heavy atom. The standard InChI is InChI=1S/C33H33NO6/c35-33(40-25-28-15-8-4-9-16-28)29-19-20-31(34(36)37)32(23-29)38-21-10-2-1-5-12-26-17-11-18-30(22-26)39-24-27-13-6-3-7-14-27/h3-4,6-9,11,13-20,22-23H,1-2,5,10,12,21,24-25H2. The fraction of sp³-hybridized carbons (Fsp3) is 0.242. The average molecular weight is 540 g/mol. The maximum Gasteiger partial charge on any atom is 0.338 e. The molecule has 0 saturated carbocycles. The van der Waals surface area contributed by atoms with E-state index in [0.717, 1.165) is 49.0 Å². The van der Waals surface area contributed by atoms with Crippen LogP contribution in [-0.4, -0.2) is 17.5 Å². The lowest BCUT2D eigenvalue weighted by Gasteiger charge is -2.10. The second-order valence-electron chi connectivity index (χ2n) is 9.44. The summed E-state index contributed by atoms with van der Waals surface area (Å²) in [5.74, 6) is 0.382. The smallest absolute Gasteiger partial charge is 0.338 e. The van der Waals surface area contributed by atoms with Gasteiger partial charge in [0.15, 0.2) is 5.75 Å². The molecule has 0 fully saturated rings. The molecule has 4 rings (SSSR count). The zero-order valence-corrected chi connectivity index (χ0v) is 22.4. The Hall–Kier alpha value is -4.65. The summed E-state index contributed by atoms with van der Waals surface area (Å²) >= 11 is 0. The van der Waals surface area contributed by atoms with Gasteiger partial charge in [-0.3, -0.25) is 10.1 Å². The number of rotatable bonds is 15. The van der Waals surface area contributed by atoms with Crippen molar-refractivity contribution in [1.29, 1.82) is 0 Å². The molecule has 0 heterocycles. The maximum atomic E-state index is 12.5. The first-order valence-corrected chi connectivity index (χ1v) is 13.5. The van der Waals surface area contributed by atoms with Gasteiger partial charge in [0.05, 0.1) is 17.1 Å². The van der Waals surface area contributed by atoms with Crippen molar-refractivity contribution in [2.45, 2.75) is 45.3 Å². The summed E-state index contributed by atoms with van der Waals surface area (Å²) in [5, 5.41) is 11.5. The number of carbonyl (C=O) groups excluding carboxylic acids is 1. The van der Waals surface area contributed by atoms with Gasteiger partial charge in [0.2, 0.25) is 0 Å². The number of nitro benzene ring substituents is 1. The van der Waals surface area contributed by atoms with Gasteiger partial charge in [0.1, 0.15) is 19.0 Å². The third-order valence-electron chi connectivity index (χ3n) is 6.37. The zero-order chi connectivity index (χ0) is 28.0. The van der Waals surface area contributed by atoms with Crippen molar-refractivity contribution in [2.75, 3.05) is 6.61 Å². The minimum atomic E-state index is -0.557. The van der Waals surface area contributed by atoms with Gasteiger partial charge in [0.25, 0.3) is 0 Å². The van der Waals surface area contributed by atoms with Crippen LogP contribution in [0, 0.1) is 10.1 Å². The van der Waals surface area contributed by atoms with Crippen LogP contribution in [0.25, 0.3) is 0 Å². The third kappa shape index (κ3) is 8.98. The normalized spacial score (nSPS) is 10.6. The molecule has 0 aromatic heterocycles. The van der Waals surface area contributed by atoms with Crippen LogP contribution in [0.1, 0.15) is 52.7 Å². The fourth-order valence-electron chi connectivity index (χ4n) is 4.21. The molecule has 4 aromatic carbocycles. The Labute approximate surface area is 234 Å². The second-order valence-corrected chi connectivity index (χ2v) is 9.44. The van der Waals surface area contributed by atoms with Gasteiger partial charge < -0.3 is 14.2 Å². The van der Waals surface area contributed by atoms with Gasteiger partial charge in [-0.15, -0.1) is 0 Å². The third-order valence-corrected chi connectivity index (χ3v) is 6.37. The van der Waals surface area contributed by atoms with Crippen molar-refractivity contribution in [2.24, 2.45) is 0 Å². The Morgan fingerprint density at radius 3 is 2.08 bits per heavy atom. The highest BCUT2D eigenvalue weighted by Gasteiger charge is 2.19. The zero-order valence-electron chi connectivity index (χ0n) is 22.4. The van der Waals surface area contributed by atoms with Gasteiger partial charge in [0, 0.05) is 12.1 Å². The summed E-state index contributed by atoms with van der Waals surface area (Å²) in [5.41, 5.74) is 3.27. The van der Waals surface area contributed by atoms with Crippen LogP contribution in [0.4, 0.5) is 5.69 Å². The van der Waals surface area contributed by atoms with E-state index < -0.39 is 10.9 Å². The van der Waals surface area contributed by atoms with E-state index in [2.05, 4.69) is 12.1 Å². The molecule has 0 radical (unpaired) electrons. The molecular formula is C33H33NO6. The van der Waals surface area contributed by atoms with E-state index in [1.165, 1.54) is 23.8 Å². The van der Waals surface area contributed by atoms with E-state index in [1.807, 2.05) is 72.8 Å². The van der Waals surface area contributed by atoms with E-state index in [9.17, 15) is 14.9 Å².